The van der Waals surface area contributed by atoms with Crippen molar-refractivity contribution in [2.75, 3.05) is 0 Å². The summed E-state index contributed by atoms with van der Waals surface area (Å²) in [6, 6.07) is 8.93. The van der Waals surface area contributed by atoms with Crippen molar-refractivity contribution in [2.45, 2.75) is 12.7 Å². The molecule has 144 valence electrons. The Morgan fingerprint density at radius 1 is 1.10 bits per heavy atom. The molecular formula is C20H11F4N5. The van der Waals surface area contributed by atoms with Gasteiger partial charge in [0.25, 0.3) is 0 Å². The average Bonchev–Trinajstić information content (AvgIpc) is 3.06. The minimum atomic E-state index is -4.63. The van der Waals surface area contributed by atoms with Crippen molar-refractivity contribution >= 4 is 10.9 Å². The van der Waals surface area contributed by atoms with E-state index in [9.17, 15) is 22.8 Å². The highest BCUT2D eigenvalue weighted by molar-refractivity contribution is 5.96. The molecule has 0 spiro atoms. The first kappa shape index (κ1) is 18.6. The summed E-state index contributed by atoms with van der Waals surface area (Å²) < 4.78 is 55.3. The zero-order chi connectivity index (χ0) is 20.6. The number of aromatic nitrogens is 4. The van der Waals surface area contributed by atoms with Gasteiger partial charge in [-0.3, -0.25) is 14.6 Å². The molecule has 0 amide bonds. The molecule has 5 nitrogen and oxygen atoms in total. The maximum absolute atomic E-state index is 14.5. The van der Waals surface area contributed by atoms with Crippen LogP contribution < -0.4 is 0 Å². The van der Waals surface area contributed by atoms with Crippen molar-refractivity contribution in [1.29, 1.82) is 5.26 Å². The van der Waals surface area contributed by atoms with E-state index in [1.165, 1.54) is 23.3 Å². The zero-order valence-corrected chi connectivity index (χ0v) is 14.7. The summed E-state index contributed by atoms with van der Waals surface area (Å²) in [6.07, 6.45) is -0.139. The van der Waals surface area contributed by atoms with Crippen LogP contribution in [0.15, 0.2) is 55.0 Å². The second-order valence-electron chi connectivity index (χ2n) is 6.21. The van der Waals surface area contributed by atoms with Crippen LogP contribution in [0, 0.1) is 17.1 Å². The summed E-state index contributed by atoms with van der Waals surface area (Å²) in [5.74, 6) is -0.841. The van der Waals surface area contributed by atoms with E-state index in [0.717, 1.165) is 12.1 Å². The fourth-order valence-corrected chi connectivity index (χ4v) is 3.09. The molecule has 4 aromatic rings. The Balaban J connectivity index is 1.96. The Morgan fingerprint density at radius 2 is 1.93 bits per heavy atom. The zero-order valence-electron chi connectivity index (χ0n) is 14.7. The smallest absolute Gasteiger partial charge is 0.261 e. The predicted octanol–water partition coefficient (Wildman–Crippen LogP) is 4.57. The Bertz CT molecular complexity index is 1240. The maximum Gasteiger partial charge on any atom is 0.416 e. The van der Waals surface area contributed by atoms with E-state index in [2.05, 4.69) is 15.1 Å². The highest BCUT2D eigenvalue weighted by atomic mass is 19.4. The van der Waals surface area contributed by atoms with Gasteiger partial charge in [0, 0.05) is 23.3 Å². The van der Waals surface area contributed by atoms with Gasteiger partial charge in [0.05, 0.1) is 35.1 Å². The van der Waals surface area contributed by atoms with Gasteiger partial charge in [-0.1, -0.05) is 12.1 Å². The Hall–Kier alpha value is -3.80. The third-order valence-corrected chi connectivity index (χ3v) is 4.37. The number of hydrogen-bond acceptors (Lipinski definition) is 4. The molecule has 0 aliphatic rings. The topological polar surface area (TPSA) is 67.4 Å². The average molecular weight is 397 g/mol. The van der Waals surface area contributed by atoms with E-state index in [4.69, 9.17) is 0 Å². The van der Waals surface area contributed by atoms with Crippen LogP contribution >= 0.6 is 0 Å². The number of fused-ring (bicyclic) bond motifs is 1. The van der Waals surface area contributed by atoms with Crippen molar-refractivity contribution in [3.05, 3.63) is 77.6 Å². The minimum Gasteiger partial charge on any atom is -0.261 e. The molecule has 0 saturated carbocycles. The molecule has 2 heterocycles. The second kappa shape index (κ2) is 6.98. The molecule has 4 rings (SSSR count). The first-order valence-corrected chi connectivity index (χ1v) is 8.40. The SMILES string of the molecule is N#Cc1cccc2c(-c3cc(C(F)(F)F)ccc3F)nn(Cc3cnccn3)c12. The van der Waals surface area contributed by atoms with Gasteiger partial charge in [0.2, 0.25) is 0 Å². The number of halogens is 4. The fourth-order valence-electron chi connectivity index (χ4n) is 3.09. The standard InChI is InChI=1S/C20H11F4N5/c21-17-5-4-13(20(22,23)24)8-16(17)18-15-3-1-2-12(9-25)19(15)29(28-18)11-14-10-26-6-7-27-14/h1-8,10H,11H2. The molecule has 9 heteroatoms. The van der Waals surface area contributed by atoms with Gasteiger partial charge >= 0.3 is 6.18 Å². The van der Waals surface area contributed by atoms with Crippen molar-refractivity contribution in [2.24, 2.45) is 0 Å². The molecule has 0 fully saturated rings. The molecule has 0 N–H and O–H groups in total. The van der Waals surface area contributed by atoms with Gasteiger partial charge < -0.3 is 0 Å². The van der Waals surface area contributed by atoms with E-state index in [1.54, 1.807) is 18.2 Å². The number of nitriles is 1. The second-order valence-corrected chi connectivity index (χ2v) is 6.21. The molecule has 0 radical (unpaired) electrons. The highest BCUT2D eigenvalue weighted by Gasteiger charge is 2.32. The highest BCUT2D eigenvalue weighted by Crippen LogP contribution is 2.36. The minimum absolute atomic E-state index is 0.0181. The fraction of sp³-hybridized carbons (Fsp3) is 0.100. The number of benzene rings is 2. The summed E-state index contributed by atoms with van der Waals surface area (Å²) in [5, 5.41) is 14.2. The number of hydrogen-bond donors (Lipinski definition) is 0. The van der Waals surface area contributed by atoms with Crippen LogP contribution in [-0.2, 0) is 12.7 Å². The van der Waals surface area contributed by atoms with Gasteiger partial charge in [0.1, 0.15) is 17.6 Å². The van der Waals surface area contributed by atoms with Crippen LogP contribution in [0.3, 0.4) is 0 Å². The number of nitrogens with zero attached hydrogens (tertiary/aromatic N) is 5. The van der Waals surface area contributed by atoms with E-state index in [-0.39, 0.29) is 23.4 Å². The largest absolute Gasteiger partial charge is 0.416 e. The third kappa shape index (κ3) is 3.40. The van der Waals surface area contributed by atoms with E-state index in [1.807, 2.05) is 6.07 Å². The molecule has 0 aliphatic carbocycles. The van der Waals surface area contributed by atoms with Gasteiger partial charge in [-0.05, 0) is 24.3 Å². The molecular weight excluding hydrogens is 386 g/mol. The monoisotopic (exact) mass is 397 g/mol. The lowest BCUT2D eigenvalue weighted by molar-refractivity contribution is -0.137. The molecule has 0 bridgehead atoms. The van der Waals surface area contributed by atoms with Crippen molar-refractivity contribution in [3.63, 3.8) is 0 Å². The Morgan fingerprint density at radius 3 is 2.62 bits per heavy atom. The molecule has 29 heavy (non-hydrogen) atoms. The summed E-state index contributed by atoms with van der Waals surface area (Å²) in [4.78, 5) is 8.12. The molecule has 0 unspecified atom stereocenters. The van der Waals surface area contributed by atoms with Crippen LogP contribution in [0.25, 0.3) is 22.2 Å². The van der Waals surface area contributed by atoms with Crippen LogP contribution in [0.5, 0.6) is 0 Å². The lowest BCUT2D eigenvalue weighted by Crippen LogP contribution is -2.06. The maximum atomic E-state index is 14.5. The van der Waals surface area contributed by atoms with Gasteiger partial charge in [-0.15, -0.1) is 0 Å². The summed E-state index contributed by atoms with van der Waals surface area (Å²) in [6.45, 7) is 0.115. The summed E-state index contributed by atoms with van der Waals surface area (Å²) in [7, 11) is 0. The first-order valence-electron chi connectivity index (χ1n) is 8.40. The predicted molar refractivity (Wildman–Crippen MR) is 96.0 cm³/mol. The normalized spacial score (nSPS) is 11.6. The molecule has 0 saturated heterocycles. The van der Waals surface area contributed by atoms with Crippen LogP contribution in [0.4, 0.5) is 17.6 Å². The molecule has 2 aromatic heterocycles. The molecule has 0 atom stereocenters. The van der Waals surface area contributed by atoms with Gasteiger partial charge in [0.15, 0.2) is 0 Å². The first-order chi connectivity index (χ1) is 13.9. The number of para-hydroxylation sites is 1. The molecule has 0 aliphatic heterocycles. The van der Waals surface area contributed by atoms with E-state index < -0.39 is 17.6 Å². The lowest BCUT2D eigenvalue weighted by atomic mass is 10.0. The van der Waals surface area contributed by atoms with Crippen molar-refractivity contribution in [1.82, 2.24) is 19.7 Å². The van der Waals surface area contributed by atoms with Gasteiger partial charge in [-0.25, -0.2) is 4.39 Å². The van der Waals surface area contributed by atoms with Gasteiger partial charge in [-0.2, -0.15) is 23.5 Å². The quantitative estimate of drug-likeness (QED) is 0.475. The van der Waals surface area contributed by atoms with Crippen LogP contribution in [-0.4, -0.2) is 19.7 Å². The van der Waals surface area contributed by atoms with Crippen molar-refractivity contribution in [3.8, 4) is 17.3 Å². The van der Waals surface area contributed by atoms with Crippen LogP contribution in [0.2, 0.25) is 0 Å². The number of rotatable bonds is 3. The van der Waals surface area contributed by atoms with Crippen LogP contribution in [0.1, 0.15) is 16.8 Å². The summed E-state index contributed by atoms with van der Waals surface area (Å²) >= 11 is 0. The Kier molecular flexibility index (Phi) is 4.47. The van der Waals surface area contributed by atoms with E-state index >= 15 is 0 Å². The third-order valence-electron chi connectivity index (χ3n) is 4.37. The Labute approximate surface area is 161 Å². The number of alkyl halides is 3. The summed E-state index contributed by atoms with van der Waals surface area (Å²) in [5.41, 5.74) is -0.0879. The lowest BCUT2D eigenvalue weighted by Gasteiger charge is -2.09. The van der Waals surface area contributed by atoms with Crippen molar-refractivity contribution < 1.29 is 17.6 Å². The van der Waals surface area contributed by atoms with E-state index in [0.29, 0.717) is 22.7 Å². The molecule has 2 aromatic carbocycles.